The van der Waals surface area contributed by atoms with E-state index in [1.165, 1.54) is 5.56 Å². The molecule has 4 rings (SSSR count). The quantitative estimate of drug-likeness (QED) is 0.822. The van der Waals surface area contributed by atoms with Crippen LogP contribution >= 0.6 is 11.6 Å². The molecule has 0 radical (unpaired) electrons. The van der Waals surface area contributed by atoms with E-state index < -0.39 is 0 Å². The number of amides is 1. The smallest absolute Gasteiger partial charge is 0.239 e. The van der Waals surface area contributed by atoms with Crippen molar-refractivity contribution in [3.63, 3.8) is 0 Å². The largest absolute Gasteiger partial charge is 0.492 e. The molecule has 2 fully saturated rings. The number of hydrogen-bond donors (Lipinski definition) is 0. The third-order valence-corrected chi connectivity index (χ3v) is 6.04. The highest BCUT2D eigenvalue weighted by molar-refractivity contribution is 6.30. The Morgan fingerprint density at radius 3 is 2.96 bits per heavy atom. The molecule has 0 N–H and O–H groups in total. The molecule has 2 saturated heterocycles. The Balaban J connectivity index is 1.63. The second kappa shape index (κ2) is 5.63. The Morgan fingerprint density at radius 1 is 1.38 bits per heavy atom. The van der Waals surface area contributed by atoms with E-state index in [4.69, 9.17) is 16.3 Å². The predicted octanol–water partition coefficient (Wildman–Crippen LogP) is 3.21. The van der Waals surface area contributed by atoms with Crippen LogP contribution in [0, 0.1) is 0 Å². The summed E-state index contributed by atoms with van der Waals surface area (Å²) in [5, 5.41) is 0.751. The molecule has 1 amide bonds. The molecule has 0 aliphatic carbocycles. The zero-order valence-electron chi connectivity index (χ0n) is 14.6. The van der Waals surface area contributed by atoms with Crippen LogP contribution in [0.1, 0.15) is 44.7 Å². The van der Waals surface area contributed by atoms with Gasteiger partial charge in [-0.3, -0.25) is 9.69 Å². The Morgan fingerprint density at radius 2 is 2.17 bits per heavy atom. The number of fused-ring (bicyclic) bond motifs is 2. The van der Waals surface area contributed by atoms with Crippen LogP contribution in [0.3, 0.4) is 0 Å². The van der Waals surface area contributed by atoms with Crippen molar-refractivity contribution < 1.29 is 9.53 Å². The van der Waals surface area contributed by atoms with Gasteiger partial charge >= 0.3 is 0 Å². The molecule has 24 heavy (non-hydrogen) atoms. The zero-order valence-corrected chi connectivity index (χ0v) is 15.4. The van der Waals surface area contributed by atoms with E-state index in [1.807, 2.05) is 19.1 Å². The van der Waals surface area contributed by atoms with Crippen molar-refractivity contribution in [2.24, 2.45) is 0 Å². The first-order valence-electron chi connectivity index (χ1n) is 8.87. The minimum absolute atomic E-state index is 0.0133. The summed E-state index contributed by atoms with van der Waals surface area (Å²) in [6, 6.07) is 4.32. The van der Waals surface area contributed by atoms with E-state index in [1.54, 1.807) is 0 Å². The minimum Gasteiger partial charge on any atom is -0.492 e. The molecule has 2 atom stereocenters. The molecule has 4 nitrogen and oxygen atoms in total. The van der Waals surface area contributed by atoms with Crippen molar-refractivity contribution >= 4 is 17.5 Å². The van der Waals surface area contributed by atoms with Gasteiger partial charge in [-0.1, -0.05) is 25.4 Å². The molecule has 1 aromatic carbocycles. The van der Waals surface area contributed by atoms with E-state index in [0.29, 0.717) is 12.6 Å². The SMILES string of the molecule is C[C@H]1C(=O)N2CCC[C@@H]2CN1Cc1cc(Cl)cc2c1OCC2(C)C. The molecule has 1 aromatic rings. The average Bonchev–Trinajstić information content (AvgIpc) is 3.10. The first-order chi connectivity index (χ1) is 11.4. The summed E-state index contributed by atoms with van der Waals surface area (Å²) in [4.78, 5) is 17.0. The first-order valence-corrected chi connectivity index (χ1v) is 9.25. The van der Waals surface area contributed by atoms with Gasteiger partial charge in [0.2, 0.25) is 5.91 Å². The van der Waals surface area contributed by atoms with Crippen LogP contribution in [0.5, 0.6) is 5.75 Å². The highest BCUT2D eigenvalue weighted by atomic mass is 35.5. The van der Waals surface area contributed by atoms with Gasteiger partial charge in [-0.25, -0.2) is 0 Å². The van der Waals surface area contributed by atoms with Crippen LogP contribution in [-0.2, 0) is 16.8 Å². The number of ether oxygens (including phenoxy) is 1. The summed E-state index contributed by atoms with van der Waals surface area (Å²) in [5.74, 6) is 1.24. The number of rotatable bonds is 2. The molecule has 3 heterocycles. The molecule has 0 unspecified atom stereocenters. The Bertz CT molecular complexity index is 688. The summed E-state index contributed by atoms with van der Waals surface area (Å²) < 4.78 is 6.01. The summed E-state index contributed by atoms with van der Waals surface area (Å²) in [6.45, 7) is 9.65. The molecular formula is C19H25ClN2O2. The van der Waals surface area contributed by atoms with Crippen LogP contribution in [0.2, 0.25) is 5.02 Å². The maximum atomic E-state index is 12.6. The molecule has 3 aliphatic heterocycles. The van der Waals surface area contributed by atoms with E-state index >= 15 is 0 Å². The first kappa shape index (κ1) is 16.2. The van der Waals surface area contributed by atoms with Crippen LogP contribution in [0.15, 0.2) is 12.1 Å². The lowest BCUT2D eigenvalue weighted by molar-refractivity contribution is -0.143. The van der Waals surface area contributed by atoms with Crippen LogP contribution in [0.4, 0.5) is 0 Å². The maximum Gasteiger partial charge on any atom is 0.239 e. The zero-order chi connectivity index (χ0) is 17.1. The van der Waals surface area contributed by atoms with Gasteiger partial charge in [0.05, 0.1) is 12.6 Å². The fourth-order valence-corrected chi connectivity index (χ4v) is 4.57. The Kier molecular flexibility index (Phi) is 3.81. The van der Waals surface area contributed by atoms with Crippen molar-refractivity contribution in [1.82, 2.24) is 9.80 Å². The molecule has 5 heteroatoms. The summed E-state index contributed by atoms with van der Waals surface area (Å²) in [5.41, 5.74) is 2.28. The Hall–Kier alpha value is -1.26. The highest BCUT2D eigenvalue weighted by Gasteiger charge is 2.41. The normalized spacial score (nSPS) is 28.7. The third-order valence-electron chi connectivity index (χ3n) is 5.82. The number of hydrogen-bond acceptors (Lipinski definition) is 3. The lowest BCUT2D eigenvalue weighted by Gasteiger charge is -2.41. The van der Waals surface area contributed by atoms with Crippen molar-refractivity contribution in [2.75, 3.05) is 19.7 Å². The van der Waals surface area contributed by atoms with Gasteiger partial charge in [-0.2, -0.15) is 0 Å². The van der Waals surface area contributed by atoms with Gasteiger partial charge in [0.1, 0.15) is 5.75 Å². The van der Waals surface area contributed by atoms with Gasteiger partial charge in [0.15, 0.2) is 0 Å². The lowest BCUT2D eigenvalue weighted by Crippen LogP contribution is -2.58. The van der Waals surface area contributed by atoms with Gasteiger partial charge in [-0.05, 0) is 31.9 Å². The molecule has 130 valence electrons. The van der Waals surface area contributed by atoms with Gasteiger partial charge in [-0.15, -0.1) is 0 Å². The van der Waals surface area contributed by atoms with Crippen molar-refractivity contribution in [3.8, 4) is 5.75 Å². The van der Waals surface area contributed by atoms with E-state index in [9.17, 15) is 4.79 Å². The monoisotopic (exact) mass is 348 g/mol. The van der Waals surface area contributed by atoms with E-state index in [0.717, 1.165) is 48.8 Å². The summed E-state index contributed by atoms with van der Waals surface area (Å²) in [7, 11) is 0. The number of piperazine rings is 1. The van der Waals surface area contributed by atoms with Crippen molar-refractivity contribution in [3.05, 3.63) is 28.3 Å². The molecular weight excluding hydrogens is 324 g/mol. The van der Waals surface area contributed by atoms with Gasteiger partial charge in [0.25, 0.3) is 0 Å². The molecule has 3 aliphatic rings. The second-order valence-electron chi connectivity index (χ2n) is 8.05. The van der Waals surface area contributed by atoms with Crippen LogP contribution < -0.4 is 4.74 Å². The van der Waals surface area contributed by atoms with E-state index in [-0.39, 0.29) is 17.4 Å². The predicted molar refractivity (Wildman–Crippen MR) is 94.6 cm³/mol. The standard InChI is InChI=1S/C19H25ClN2O2/c1-12-18(23)22-6-4-5-15(22)10-21(12)9-13-7-14(20)8-16-17(13)24-11-19(16,2)3/h7-8,12,15H,4-6,9-11H2,1-3H3/t12-,15+/m0/s1. The number of nitrogens with zero attached hydrogens (tertiary/aromatic N) is 2. The van der Waals surface area contributed by atoms with Crippen molar-refractivity contribution in [1.29, 1.82) is 0 Å². The fourth-order valence-electron chi connectivity index (χ4n) is 4.33. The van der Waals surface area contributed by atoms with Gasteiger partial charge in [0, 0.05) is 47.2 Å². The number of carbonyl (C=O) groups excluding carboxylic acids is 1. The van der Waals surface area contributed by atoms with Crippen molar-refractivity contribution in [2.45, 2.75) is 57.7 Å². The molecule has 0 saturated carbocycles. The summed E-state index contributed by atoms with van der Waals surface area (Å²) >= 11 is 6.38. The maximum absolute atomic E-state index is 12.6. The molecule has 0 bridgehead atoms. The third kappa shape index (κ3) is 2.51. The average molecular weight is 349 g/mol. The molecule has 0 spiro atoms. The topological polar surface area (TPSA) is 32.8 Å². The van der Waals surface area contributed by atoms with Gasteiger partial charge < -0.3 is 9.64 Å². The number of benzene rings is 1. The number of halogens is 1. The molecule has 0 aromatic heterocycles. The van der Waals surface area contributed by atoms with Crippen LogP contribution in [-0.4, -0.2) is 47.5 Å². The fraction of sp³-hybridized carbons (Fsp3) is 0.632. The van der Waals surface area contributed by atoms with E-state index in [2.05, 4.69) is 23.6 Å². The van der Waals surface area contributed by atoms with Crippen LogP contribution in [0.25, 0.3) is 0 Å². The lowest BCUT2D eigenvalue weighted by atomic mass is 9.86. The minimum atomic E-state index is -0.0802. The highest BCUT2D eigenvalue weighted by Crippen LogP contribution is 2.43. The second-order valence-corrected chi connectivity index (χ2v) is 8.48. The Labute approximate surface area is 148 Å². The summed E-state index contributed by atoms with van der Waals surface area (Å²) in [6.07, 6.45) is 2.24. The number of carbonyl (C=O) groups is 1.